The Kier molecular flexibility index (Phi) is 3.69. The van der Waals surface area contributed by atoms with E-state index in [2.05, 4.69) is 4.98 Å². The summed E-state index contributed by atoms with van der Waals surface area (Å²) in [6.07, 6.45) is 2.90. The summed E-state index contributed by atoms with van der Waals surface area (Å²) in [6.45, 7) is 2.75. The highest BCUT2D eigenvalue weighted by molar-refractivity contribution is 6.30. The smallest absolute Gasteiger partial charge is 0.329 e. The normalized spacial score (nSPS) is 19.8. The van der Waals surface area contributed by atoms with Gasteiger partial charge in [-0.1, -0.05) is 11.6 Å². The van der Waals surface area contributed by atoms with E-state index in [9.17, 15) is 9.59 Å². The minimum Gasteiger partial charge on any atom is -0.378 e. The summed E-state index contributed by atoms with van der Waals surface area (Å²) >= 11 is 5.72. The van der Waals surface area contributed by atoms with Gasteiger partial charge in [0.1, 0.15) is 5.15 Å². The van der Waals surface area contributed by atoms with Crippen molar-refractivity contribution in [3.05, 3.63) is 31.6 Å². The molecule has 2 rings (SSSR count). The van der Waals surface area contributed by atoms with Gasteiger partial charge < -0.3 is 4.74 Å². The van der Waals surface area contributed by atoms with Crippen molar-refractivity contribution >= 4 is 11.6 Å². The summed E-state index contributed by atoms with van der Waals surface area (Å²) in [5.74, 6) is 0. The molecule has 1 saturated heterocycles. The minimum atomic E-state index is -0.455. The van der Waals surface area contributed by atoms with Crippen LogP contribution in [0.25, 0.3) is 0 Å². The number of H-pyrrole nitrogens is 1. The fourth-order valence-corrected chi connectivity index (χ4v) is 2.15. The highest BCUT2D eigenvalue weighted by Gasteiger charge is 2.16. The average Bonchev–Trinajstić information content (AvgIpc) is 2.79. The number of halogens is 1. The monoisotopic (exact) mass is 258 g/mol. The SMILES string of the molecule is Cc1c(Cl)[nH]c(=O)n(CCC2CCCO2)c1=O. The van der Waals surface area contributed by atoms with Crippen LogP contribution in [0.2, 0.25) is 5.15 Å². The van der Waals surface area contributed by atoms with Crippen molar-refractivity contribution < 1.29 is 4.74 Å². The summed E-state index contributed by atoms with van der Waals surface area (Å²) in [5, 5.41) is 0.119. The standard InChI is InChI=1S/C11H15ClN2O3/c1-7-9(12)13-11(16)14(10(7)15)5-4-8-3-2-6-17-8/h8H,2-6H2,1H3,(H,13,16). The van der Waals surface area contributed by atoms with E-state index in [0.717, 1.165) is 19.4 Å². The molecular formula is C11H15ClN2O3. The molecule has 0 radical (unpaired) electrons. The van der Waals surface area contributed by atoms with Crippen LogP contribution in [-0.2, 0) is 11.3 Å². The van der Waals surface area contributed by atoms with Gasteiger partial charge in [-0.2, -0.15) is 0 Å². The molecule has 6 heteroatoms. The Morgan fingerprint density at radius 3 is 2.94 bits per heavy atom. The van der Waals surface area contributed by atoms with Gasteiger partial charge in [-0.15, -0.1) is 0 Å². The van der Waals surface area contributed by atoms with Crippen LogP contribution >= 0.6 is 11.6 Å². The van der Waals surface area contributed by atoms with Gasteiger partial charge >= 0.3 is 5.69 Å². The first-order valence-electron chi connectivity index (χ1n) is 5.70. The fourth-order valence-electron chi connectivity index (χ4n) is 1.99. The number of aromatic nitrogens is 2. The topological polar surface area (TPSA) is 64.1 Å². The summed E-state index contributed by atoms with van der Waals surface area (Å²) in [7, 11) is 0. The van der Waals surface area contributed by atoms with Crippen LogP contribution in [-0.4, -0.2) is 22.3 Å². The molecule has 1 aromatic rings. The summed E-state index contributed by atoms with van der Waals surface area (Å²) in [4.78, 5) is 25.9. The zero-order chi connectivity index (χ0) is 12.4. The molecule has 1 aliphatic rings. The van der Waals surface area contributed by atoms with Crippen molar-refractivity contribution in [3.63, 3.8) is 0 Å². The van der Waals surface area contributed by atoms with E-state index in [1.54, 1.807) is 6.92 Å². The molecule has 0 aliphatic carbocycles. The molecule has 1 aliphatic heterocycles. The number of nitrogens with zero attached hydrogens (tertiary/aromatic N) is 1. The highest BCUT2D eigenvalue weighted by Crippen LogP contribution is 2.15. The molecule has 0 amide bonds. The predicted molar refractivity (Wildman–Crippen MR) is 64.7 cm³/mol. The quantitative estimate of drug-likeness (QED) is 0.825. The van der Waals surface area contributed by atoms with Gasteiger partial charge in [0.05, 0.1) is 6.10 Å². The van der Waals surface area contributed by atoms with E-state index in [1.165, 1.54) is 4.57 Å². The molecule has 17 heavy (non-hydrogen) atoms. The van der Waals surface area contributed by atoms with Crippen molar-refractivity contribution in [3.8, 4) is 0 Å². The molecule has 1 aromatic heterocycles. The lowest BCUT2D eigenvalue weighted by atomic mass is 10.2. The van der Waals surface area contributed by atoms with E-state index in [4.69, 9.17) is 16.3 Å². The molecule has 1 N–H and O–H groups in total. The largest absolute Gasteiger partial charge is 0.378 e. The van der Waals surface area contributed by atoms with Gasteiger partial charge in [0.2, 0.25) is 0 Å². The zero-order valence-electron chi connectivity index (χ0n) is 9.66. The van der Waals surface area contributed by atoms with Crippen LogP contribution in [0.5, 0.6) is 0 Å². The van der Waals surface area contributed by atoms with Crippen LogP contribution in [0.1, 0.15) is 24.8 Å². The highest BCUT2D eigenvalue weighted by atomic mass is 35.5. The Bertz CT molecular complexity index is 514. The molecule has 1 atom stereocenters. The molecule has 0 spiro atoms. The van der Waals surface area contributed by atoms with Crippen LogP contribution in [0.3, 0.4) is 0 Å². The Labute approximate surface area is 103 Å². The summed E-state index contributed by atoms with van der Waals surface area (Å²) in [5.41, 5.74) is -0.404. The van der Waals surface area contributed by atoms with Crippen LogP contribution < -0.4 is 11.2 Å². The third-order valence-electron chi connectivity index (χ3n) is 3.06. The van der Waals surface area contributed by atoms with E-state index in [-0.39, 0.29) is 16.8 Å². The van der Waals surface area contributed by atoms with Gasteiger partial charge in [0.15, 0.2) is 0 Å². The Morgan fingerprint density at radius 2 is 2.29 bits per heavy atom. The van der Waals surface area contributed by atoms with Crippen molar-refractivity contribution in [1.82, 2.24) is 9.55 Å². The van der Waals surface area contributed by atoms with Crippen LogP contribution in [0.15, 0.2) is 9.59 Å². The second kappa shape index (κ2) is 5.06. The predicted octanol–water partition coefficient (Wildman–Crippen LogP) is 1.07. The average molecular weight is 259 g/mol. The van der Waals surface area contributed by atoms with E-state index < -0.39 is 5.69 Å². The third kappa shape index (κ3) is 2.61. The maximum Gasteiger partial charge on any atom is 0.329 e. The Balaban J connectivity index is 2.18. The number of nitrogens with one attached hydrogen (secondary N) is 1. The Hall–Kier alpha value is -1.07. The van der Waals surface area contributed by atoms with E-state index in [0.29, 0.717) is 18.5 Å². The number of rotatable bonds is 3. The zero-order valence-corrected chi connectivity index (χ0v) is 10.4. The molecule has 2 heterocycles. The van der Waals surface area contributed by atoms with Crippen molar-refractivity contribution in [2.45, 2.75) is 38.8 Å². The number of hydrogen-bond acceptors (Lipinski definition) is 3. The molecule has 94 valence electrons. The molecule has 0 saturated carbocycles. The van der Waals surface area contributed by atoms with Gasteiger partial charge in [0.25, 0.3) is 5.56 Å². The second-order valence-electron chi connectivity index (χ2n) is 4.25. The maximum absolute atomic E-state index is 11.8. The molecule has 0 aromatic carbocycles. The molecule has 1 fully saturated rings. The van der Waals surface area contributed by atoms with Crippen LogP contribution in [0, 0.1) is 6.92 Å². The maximum atomic E-state index is 11.8. The van der Waals surface area contributed by atoms with Crippen molar-refractivity contribution in [1.29, 1.82) is 0 Å². The van der Waals surface area contributed by atoms with E-state index in [1.807, 2.05) is 0 Å². The Morgan fingerprint density at radius 1 is 1.53 bits per heavy atom. The first kappa shape index (κ1) is 12.4. The molecular weight excluding hydrogens is 244 g/mol. The van der Waals surface area contributed by atoms with Crippen LogP contribution in [0.4, 0.5) is 0 Å². The number of hydrogen-bond donors (Lipinski definition) is 1. The van der Waals surface area contributed by atoms with Gasteiger partial charge in [-0.05, 0) is 26.2 Å². The lowest BCUT2D eigenvalue weighted by Crippen LogP contribution is -2.37. The van der Waals surface area contributed by atoms with E-state index >= 15 is 0 Å². The summed E-state index contributed by atoms with van der Waals surface area (Å²) in [6, 6.07) is 0. The third-order valence-corrected chi connectivity index (χ3v) is 3.43. The molecule has 1 unspecified atom stereocenters. The van der Waals surface area contributed by atoms with Gasteiger partial charge in [0, 0.05) is 18.7 Å². The number of aromatic amines is 1. The first-order chi connectivity index (χ1) is 8.09. The van der Waals surface area contributed by atoms with Crippen molar-refractivity contribution in [2.75, 3.05) is 6.61 Å². The van der Waals surface area contributed by atoms with Crippen molar-refractivity contribution in [2.24, 2.45) is 0 Å². The first-order valence-corrected chi connectivity index (χ1v) is 6.08. The molecule has 0 bridgehead atoms. The van der Waals surface area contributed by atoms with Gasteiger partial charge in [-0.25, -0.2) is 4.79 Å². The number of ether oxygens (including phenoxy) is 1. The minimum absolute atomic E-state index is 0.119. The lowest BCUT2D eigenvalue weighted by Gasteiger charge is -2.10. The van der Waals surface area contributed by atoms with Gasteiger partial charge in [-0.3, -0.25) is 14.3 Å². The fraction of sp³-hybridized carbons (Fsp3) is 0.636. The lowest BCUT2D eigenvalue weighted by molar-refractivity contribution is 0.0997. The summed E-state index contributed by atoms with van der Waals surface area (Å²) < 4.78 is 6.64. The molecule has 5 nitrogen and oxygen atoms in total. The second-order valence-corrected chi connectivity index (χ2v) is 4.63.